The van der Waals surface area contributed by atoms with Gasteiger partial charge in [0.2, 0.25) is 0 Å². The van der Waals surface area contributed by atoms with Crippen molar-refractivity contribution in [3.05, 3.63) is 133 Å². The van der Waals surface area contributed by atoms with Crippen LogP contribution < -0.4 is 10.2 Å². The van der Waals surface area contributed by atoms with Gasteiger partial charge in [0, 0.05) is 28.0 Å². The van der Waals surface area contributed by atoms with Crippen LogP contribution in [0.25, 0.3) is 32.7 Å². The Morgan fingerprint density at radius 1 is 0.595 bits per heavy atom. The fourth-order valence-corrected chi connectivity index (χ4v) is 5.20. The molecule has 1 heterocycles. The van der Waals surface area contributed by atoms with Gasteiger partial charge in [-0.1, -0.05) is 78.9 Å². The lowest BCUT2D eigenvalue weighted by Gasteiger charge is -2.26. The number of anilines is 3. The molecule has 6 aromatic carbocycles. The molecular weight excluding hydrogens is 450 g/mol. The quantitative estimate of drug-likeness (QED) is 0.258. The lowest BCUT2D eigenvalue weighted by Crippen LogP contribution is -2.23. The van der Waals surface area contributed by atoms with E-state index in [1.165, 1.54) is 38.2 Å². The molecule has 3 heteroatoms. The van der Waals surface area contributed by atoms with Crippen LogP contribution in [0.2, 0.25) is 0 Å². The number of nitrogens with zero attached hydrogens (tertiary/aromatic N) is 2. The molecule has 0 bridgehead atoms. The van der Waals surface area contributed by atoms with Crippen molar-refractivity contribution in [1.29, 1.82) is 0 Å². The molecule has 0 unspecified atom stereocenters. The number of para-hydroxylation sites is 1. The van der Waals surface area contributed by atoms with Crippen molar-refractivity contribution in [2.24, 2.45) is 4.99 Å². The zero-order valence-corrected chi connectivity index (χ0v) is 20.3. The standard InChI is InChI=1S/C34H25N3/c1-3-8-24(9-4-1)25-14-17-29(18-15-25)37-22-32-30-21-31-26(20-27(30)16-19-33(32)35-23-37)10-7-13-34(31)36-28-11-5-2-6-12-28/h1-21,23,36H,22H2. The third kappa shape index (κ3) is 4.01. The first-order chi connectivity index (χ1) is 18.3. The molecule has 3 nitrogen and oxygen atoms in total. The minimum atomic E-state index is 0.778. The summed E-state index contributed by atoms with van der Waals surface area (Å²) in [6.45, 7) is 0.778. The Morgan fingerprint density at radius 3 is 2.14 bits per heavy atom. The minimum Gasteiger partial charge on any atom is -0.355 e. The Labute approximate surface area is 216 Å². The van der Waals surface area contributed by atoms with E-state index >= 15 is 0 Å². The summed E-state index contributed by atoms with van der Waals surface area (Å²) in [5, 5.41) is 8.52. The lowest BCUT2D eigenvalue weighted by molar-refractivity contribution is 1.01. The fraction of sp³-hybridized carbons (Fsp3) is 0.0294. The molecular formula is C34H25N3. The predicted octanol–water partition coefficient (Wildman–Crippen LogP) is 9.08. The van der Waals surface area contributed by atoms with Gasteiger partial charge in [-0.3, -0.25) is 0 Å². The summed E-state index contributed by atoms with van der Waals surface area (Å²) in [4.78, 5) is 7.07. The molecule has 0 saturated carbocycles. The minimum absolute atomic E-state index is 0.778. The van der Waals surface area contributed by atoms with E-state index in [0.717, 1.165) is 29.3 Å². The Bertz CT molecular complexity index is 1760. The van der Waals surface area contributed by atoms with Crippen molar-refractivity contribution in [2.45, 2.75) is 6.54 Å². The first-order valence-corrected chi connectivity index (χ1v) is 12.6. The van der Waals surface area contributed by atoms with Crippen molar-refractivity contribution in [1.82, 2.24) is 0 Å². The molecule has 0 aromatic heterocycles. The number of aliphatic imine (C=N–C) groups is 1. The van der Waals surface area contributed by atoms with E-state index in [1.54, 1.807) is 0 Å². The number of hydrogen-bond acceptors (Lipinski definition) is 3. The van der Waals surface area contributed by atoms with Crippen molar-refractivity contribution in [2.75, 3.05) is 10.2 Å². The summed E-state index contributed by atoms with van der Waals surface area (Å²) in [6.07, 6.45) is 1.95. The van der Waals surface area contributed by atoms with Crippen LogP contribution in [0.1, 0.15) is 5.56 Å². The zero-order chi connectivity index (χ0) is 24.6. The lowest BCUT2D eigenvalue weighted by atomic mass is 9.96. The Kier molecular flexibility index (Phi) is 5.18. The van der Waals surface area contributed by atoms with E-state index in [-0.39, 0.29) is 0 Å². The summed E-state index contributed by atoms with van der Waals surface area (Å²) in [5.74, 6) is 0. The maximum atomic E-state index is 4.84. The number of nitrogens with one attached hydrogen (secondary N) is 1. The van der Waals surface area contributed by atoms with Crippen molar-refractivity contribution >= 4 is 50.6 Å². The van der Waals surface area contributed by atoms with Crippen LogP contribution >= 0.6 is 0 Å². The van der Waals surface area contributed by atoms with Gasteiger partial charge in [0.25, 0.3) is 0 Å². The Hall–Kier alpha value is -4.89. The van der Waals surface area contributed by atoms with E-state index in [4.69, 9.17) is 4.99 Å². The summed E-state index contributed by atoms with van der Waals surface area (Å²) in [6, 6.07) is 45.0. The third-order valence-electron chi connectivity index (χ3n) is 7.13. The van der Waals surface area contributed by atoms with Crippen LogP contribution in [0.4, 0.5) is 22.7 Å². The van der Waals surface area contributed by atoms with E-state index in [9.17, 15) is 0 Å². The molecule has 7 rings (SSSR count). The summed E-state index contributed by atoms with van der Waals surface area (Å²) < 4.78 is 0. The second kappa shape index (κ2) is 8.96. The SMILES string of the molecule is C1=Nc2ccc3cc4cccc(Nc5ccccc5)c4cc3c2CN1c1ccc(-c2ccccc2)cc1. The normalized spacial score (nSPS) is 12.6. The van der Waals surface area contributed by atoms with Crippen molar-refractivity contribution < 1.29 is 0 Å². The van der Waals surface area contributed by atoms with Crippen molar-refractivity contribution in [3.8, 4) is 11.1 Å². The van der Waals surface area contributed by atoms with Gasteiger partial charge >= 0.3 is 0 Å². The maximum absolute atomic E-state index is 4.84. The molecule has 1 aliphatic heterocycles. The van der Waals surface area contributed by atoms with Crippen LogP contribution in [-0.2, 0) is 6.54 Å². The van der Waals surface area contributed by atoms with Gasteiger partial charge in [-0.05, 0) is 75.8 Å². The Balaban J connectivity index is 1.27. The van der Waals surface area contributed by atoms with Gasteiger partial charge in [-0.2, -0.15) is 0 Å². The predicted molar refractivity (Wildman–Crippen MR) is 157 cm³/mol. The maximum Gasteiger partial charge on any atom is 0.0960 e. The summed E-state index contributed by atoms with van der Waals surface area (Å²) >= 11 is 0. The summed E-state index contributed by atoms with van der Waals surface area (Å²) in [7, 11) is 0. The smallest absolute Gasteiger partial charge is 0.0960 e. The molecule has 1 N–H and O–H groups in total. The van der Waals surface area contributed by atoms with E-state index in [1.807, 2.05) is 18.5 Å². The fourth-order valence-electron chi connectivity index (χ4n) is 5.20. The molecule has 176 valence electrons. The number of rotatable bonds is 4. The Morgan fingerprint density at radius 2 is 1.32 bits per heavy atom. The molecule has 0 saturated heterocycles. The molecule has 0 atom stereocenters. The van der Waals surface area contributed by atoms with Gasteiger partial charge in [-0.15, -0.1) is 0 Å². The van der Waals surface area contributed by atoms with Crippen LogP contribution in [0, 0.1) is 0 Å². The second-order valence-electron chi connectivity index (χ2n) is 9.44. The number of fused-ring (bicyclic) bond motifs is 4. The first-order valence-electron chi connectivity index (χ1n) is 12.6. The van der Waals surface area contributed by atoms with Gasteiger partial charge < -0.3 is 10.2 Å². The molecule has 6 aromatic rings. The highest BCUT2D eigenvalue weighted by molar-refractivity contribution is 6.07. The summed E-state index contributed by atoms with van der Waals surface area (Å²) in [5.41, 5.74) is 8.06. The first kappa shape index (κ1) is 21.4. The molecule has 37 heavy (non-hydrogen) atoms. The average Bonchev–Trinajstić information content (AvgIpc) is 2.97. The van der Waals surface area contributed by atoms with Crippen LogP contribution in [0.5, 0.6) is 0 Å². The monoisotopic (exact) mass is 475 g/mol. The van der Waals surface area contributed by atoms with E-state index < -0.39 is 0 Å². The molecule has 1 aliphatic rings. The average molecular weight is 476 g/mol. The molecule has 0 fully saturated rings. The second-order valence-corrected chi connectivity index (χ2v) is 9.44. The number of benzene rings is 6. The molecule has 0 radical (unpaired) electrons. The van der Waals surface area contributed by atoms with Gasteiger partial charge in [0.1, 0.15) is 0 Å². The molecule has 0 amide bonds. The van der Waals surface area contributed by atoms with Crippen LogP contribution in [-0.4, -0.2) is 6.34 Å². The van der Waals surface area contributed by atoms with E-state index in [2.05, 4.69) is 125 Å². The molecule has 0 spiro atoms. The van der Waals surface area contributed by atoms with Gasteiger partial charge in [-0.25, -0.2) is 4.99 Å². The third-order valence-corrected chi connectivity index (χ3v) is 7.13. The van der Waals surface area contributed by atoms with Gasteiger partial charge in [0.05, 0.1) is 18.6 Å². The highest BCUT2D eigenvalue weighted by atomic mass is 15.2. The van der Waals surface area contributed by atoms with E-state index in [0.29, 0.717) is 0 Å². The van der Waals surface area contributed by atoms with Crippen LogP contribution in [0.3, 0.4) is 0 Å². The number of hydrogen-bond donors (Lipinski definition) is 1. The zero-order valence-electron chi connectivity index (χ0n) is 20.3. The highest BCUT2D eigenvalue weighted by Gasteiger charge is 2.17. The topological polar surface area (TPSA) is 27.6 Å². The van der Waals surface area contributed by atoms with Gasteiger partial charge in [0.15, 0.2) is 0 Å². The van der Waals surface area contributed by atoms with Crippen LogP contribution in [0.15, 0.2) is 132 Å². The molecule has 0 aliphatic carbocycles. The van der Waals surface area contributed by atoms with Crippen molar-refractivity contribution in [3.63, 3.8) is 0 Å². The highest BCUT2D eigenvalue weighted by Crippen LogP contribution is 2.37. The largest absolute Gasteiger partial charge is 0.355 e.